The number of amides is 1. The molecule has 4 nitrogen and oxygen atoms in total. The molecule has 0 fully saturated rings. The number of hydrogen-bond donors (Lipinski definition) is 2. The minimum Gasteiger partial charge on any atom is -0.481 e. The Morgan fingerprint density at radius 2 is 1.79 bits per heavy atom. The van der Waals surface area contributed by atoms with Crippen LogP contribution in [0.25, 0.3) is 0 Å². The lowest BCUT2D eigenvalue weighted by Gasteiger charge is -2.18. The number of rotatable bonds is 4. The summed E-state index contributed by atoms with van der Waals surface area (Å²) in [6, 6.07) is 1.97. The molecule has 1 aromatic rings. The van der Waals surface area contributed by atoms with Crippen LogP contribution >= 0.6 is 22.6 Å². The lowest BCUT2D eigenvalue weighted by molar-refractivity contribution is -0.148. The maximum absolute atomic E-state index is 13.3. The number of carbonyl (C=O) groups excluding carboxylic acids is 1. The molecule has 19 heavy (non-hydrogen) atoms. The van der Waals surface area contributed by atoms with Gasteiger partial charge in [0.1, 0.15) is 11.6 Å². The maximum Gasteiger partial charge on any atom is 0.309 e. The number of carbonyl (C=O) groups is 2. The van der Waals surface area contributed by atoms with E-state index in [0.29, 0.717) is 0 Å². The fraction of sp³-hybridized carbons (Fsp3) is 0.333. The number of halogens is 3. The normalized spacial score (nSPS) is 11.2. The van der Waals surface area contributed by atoms with Crippen LogP contribution in [0.3, 0.4) is 0 Å². The fourth-order valence-corrected chi connectivity index (χ4v) is 1.62. The fourth-order valence-electron chi connectivity index (χ4n) is 1.31. The van der Waals surface area contributed by atoms with Gasteiger partial charge in [-0.05, 0) is 48.6 Å². The van der Waals surface area contributed by atoms with Crippen molar-refractivity contribution in [2.24, 2.45) is 5.41 Å². The molecule has 0 aliphatic carbocycles. The van der Waals surface area contributed by atoms with E-state index in [1.807, 2.05) is 0 Å². The number of nitrogens with one attached hydrogen (secondary N) is 1. The molecule has 0 unspecified atom stereocenters. The van der Waals surface area contributed by atoms with Crippen molar-refractivity contribution in [1.29, 1.82) is 0 Å². The van der Waals surface area contributed by atoms with E-state index in [4.69, 9.17) is 5.11 Å². The van der Waals surface area contributed by atoms with Gasteiger partial charge in [-0.1, -0.05) is 0 Å². The molecule has 0 atom stereocenters. The van der Waals surface area contributed by atoms with E-state index in [0.717, 1.165) is 12.1 Å². The topological polar surface area (TPSA) is 66.4 Å². The molecule has 0 bridgehead atoms. The van der Waals surface area contributed by atoms with Gasteiger partial charge in [0.05, 0.1) is 8.99 Å². The summed E-state index contributed by atoms with van der Waals surface area (Å²) in [5, 5.41) is 11.2. The summed E-state index contributed by atoms with van der Waals surface area (Å²) in [7, 11) is 0. The zero-order valence-corrected chi connectivity index (χ0v) is 12.4. The first-order valence-corrected chi connectivity index (χ1v) is 6.39. The van der Waals surface area contributed by atoms with Gasteiger partial charge in [0.25, 0.3) is 0 Å². The molecule has 0 aliphatic heterocycles. The van der Waals surface area contributed by atoms with Crippen LogP contribution in [0.5, 0.6) is 0 Å². The number of carboxylic acid groups (broad SMARTS) is 1. The van der Waals surface area contributed by atoms with Crippen molar-refractivity contribution < 1.29 is 23.5 Å². The molecule has 1 rings (SSSR count). The van der Waals surface area contributed by atoms with Crippen LogP contribution in [0.4, 0.5) is 14.5 Å². The second kappa shape index (κ2) is 5.81. The number of carboxylic acids is 1. The average Bonchev–Trinajstić information content (AvgIpc) is 2.24. The molecule has 0 aliphatic rings. The van der Waals surface area contributed by atoms with Crippen molar-refractivity contribution in [1.82, 2.24) is 0 Å². The number of anilines is 1. The summed E-state index contributed by atoms with van der Waals surface area (Å²) in [4.78, 5) is 22.5. The molecule has 2 N–H and O–H groups in total. The number of aliphatic carboxylic acids is 1. The highest BCUT2D eigenvalue weighted by Gasteiger charge is 2.30. The molecule has 0 spiro atoms. The van der Waals surface area contributed by atoms with E-state index in [1.54, 1.807) is 0 Å². The Labute approximate surface area is 122 Å². The third kappa shape index (κ3) is 4.12. The highest BCUT2D eigenvalue weighted by molar-refractivity contribution is 14.1. The Hall–Kier alpha value is -1.25. The van der Waals surface area contributed by atoms with Crippen molar-refractivity contribution >= 4 is 40.2 Å². The van der Waals surface area contributed by atoms with E-state index in [9.17, 15) is 18.4 Å². The molecule has 7 heteroatoms. The highest BCUT2D eigenvalue weighted by Crippen LogP contribution is 2.23. The first-order chi connectivity index (χ1) is 8.63. The quantitative estimate of drug-likeness (QED) is 0.621. The Morgan fingerprint density at radius 3 is 2.21 bits per heavy atom. The molecule has 1 amide bonds. The van der Waals surface area contributed by atoms with Crippen molar-refractivity contribution in [2.75, 3.05) is 5.32 Å². The second-order valence-electron chi connectivity index (χ2n) is 4.67. The summed E-state index contributed by atoms with van der Waals surface area (Å²) in [5.41, 5.74) is -1.29. The van der Waals surface area contributed by atoms with Gasteiger partial charge in [-0.15, -0.1) is 0 Å². The molecule has 1 aromatic carbocycles. The van der Waals surface area contributed by atoms with Gasteiger partial charge in [-0.25, -0.2) is 8.78 Å². The van der Waals surface area contributed by atoms with Crippen LogP contribution in [0.1, 0.15) is 20.3 Å². The van der Waals surface area contributed by atoms with Crippen LogP contribution in [0.15, 0.2) is 12.1 Å². The highest BCUT2D eigenvalue weighted by atomic mass is 127. The third-order valence-electron chi connectivity index (χ3n) is 2.45. The monoisotopic (exact) mass is 383 g/mol. The molecule has 0 saturated heterocycles. The van der Waals surface area contributed by atoms with Crippen LogP contribution in [-0.2, 0) is 9.59 Å². The molecular weight excluding hydrogens is 371 g/mol. The SMILES string of the molecule is CC(C)(CC(=O)Nc1cc(F)c(I)c(F)c1)C(=O)O. The smallest absolute Gasteiger partial charge is 0.309 e. The zero-order valence-electron chi connectivity index (χ0n) is 10.3. The molecule has 0 radical (unpaired) electrons. The zero-order chi connectivity index (χ0) is 14.8. The van der Waals surface area contributed by atoms with Gasteiger partial charge in [-0.3, -0.25) is 9.59 Å². The van der Waals surface area contributed by atoms with Crippen LogP contribution in [0.2, 0.25) is 0 Å². The predicted molar refractivity (Wildman–Crippen MR) is 73.7 cm³/mol. The maximum atomic E-state index is 13.3. The first-order valence-electron chi connectivity index (χ1n) is 5.31. The molecule has 104 valence electrons. The van der Waals surface area contributed by atoms with Gasteiger partial charge >= 0.3 is 5.97 Å². The molecular formula is C12H12F2INO3. The Bertz CT molecular complexity index is 509. The van der Waals surface area contributed by atoms with Crippen molar-refractivity contribution in [2.45, 2.75) is 20.3 Å². The largest absolute Gasteiger partial charge is 0.481 e. The lowest BCUT2D eigenvalue weighted by atomic mass is 9.89. The van der Waals surface area contributed by atoms with Crippen molar-refractivity contribution in [3.05, 3.63) is 27.3 Å². The van der Waals surface area contributed by atoms with Crippen LogP contribution < -0.4 is 5.32 Å². The lowest BCUT2D eigenvalue weighted by Crippen LogP contribution is -2.29. The summed E-state index contributed by atoms with van der Waals surface area (Å²) < 4.78 is 26.4. The Kier molecular flexibility index (Phi) is 4.83. The number of hydrogen-bond acceptors (Lipinski definition) is 2. The summed E-state index contributed by atoms with van der Waals surface area (Å²) in [6.07, 6.45) is -0.294. The van der Waals surface area contributed by atoms with Crippen LogP contribution in [-0.4, -0.2) is 17.0 Å². The minimum atomic E-state index is -1.25. The van der Waals surface area contributed by atoms with Gasteiger partial charge in [0.15, 0.2) is 0 Å². The van der Waals surface area contributed by atoms with E-state index in [2.05, 4.69) is 5.32 Å². The average molecular weight is 383 g/mol. The van der Waals surface area contributed by atoms with Crippen molar-refractivity contribution in [3.63, 3.8) is 0 Å². The van der Waals surface area contributed by atoms with Gasteiger partial charge in [0, 0.05) is 12.1 Å². The van der Waals surface area contributed by atoms with E-state index < -0.39 is 28.9 Å². The van der Waals surface area contributed by atoms with Gasteiger partial charge in [-0.2, -0.15) is 0 Å². The molecule has 0 heterocycles. The summed E-state index contributed by atoms with van der Waals surface area (Å²) in [6.45, 7) is 2.79. The minimum absolute atomic E-state index is 0.0402. The Balaban J connectivity index is 2.81. The van der Waals surface area contributed by atoms with E-state index in [-0.39, 0.29) is 15.7 Å². The third-order valence-corrected chi connectivity index (χ3v) is 3.48. The van der Waals surface area contributed by atoms with E-state index in [1.165, 1.54) is 36.4 Å². The molecule has 0 saturated carbocycles. The van der Waals surface area contributed by atoms with Gasteiger partial charge in [0.2, 0.25) is 5.91 Å². The van der Waals surface area contributed by atoms with Crippen LogP contribution in [0, 0.1) is 20.6 Å². The van der Waals surface area contributed by atoms with Crippen molar-refractivity contribution in [3.8, 4) is 0 Å². The standard InChI is InChI=1S/C12H12F2INO3/c1-12(2,11(18)19)5-9(17)16-6-3-7(13)10(15)8(14)4-6/h3-4H,5H2,1-2H3,(H,16,17)(H,18,19). The summed E-state index contributed by atoms with van der Waals surface area (Å²) >= 11 is 1.51. The second-order valence-corrected chi connectivity index (χ2v) is 5.75. The first kappa shape index (κ1) is 15.8. The predicted octanol–water partition coefficient (Wildman–Crippen LogP) is 3.01. The Morgan fingerprint density at radius 1 is 1.32 bits per heavy atom. The number of benzene rings is 1. The molecule has 0 aromatic heterocycles. The van der Waals surface area contributed by atoms with E-state index >= 15 is 0 Å². The van der Waals surface area contributed by atoms with Gasteiger partial charge < -0.3 is 10.4 Å². The summed E-state index contributed by atoms with van der Waals surface area (Å²) in [5.74, 6) is -3.31.